The summed E-state index contributed by atoms with van der Waals surface area (Å²) >= 11 is 0. The van der Waals surface area contributed by atoms with Gasteiger partial charge in [-0.25, -0.2) is 4.79 Å². The zero-order valence-corrected chi connectivity index (χ0v) is 9.59. The van der Waals surface area contributed by atoms with E-state index in [9.17, 15) is 4.79 Å². The maximum Gasteiger partial charge on any atom is 0.347 e. The smallest absolute Gasteiger partial charge is 0.302 e. The van der Waals surface area contributed by atoms with E-state index >= 15 is 0 Å². The lowest BCUT2D eigenvalue weighted by atomic mass is 9.88. The number of nitrogens with zero attached hydrogens (tertiary/aromatic N) is 2. The summed E-state index contributed by atoms with van der Waals surface area (Å²) in [5, 5.41) is 0. The van der Waals surface area contributed by atoms with E-state index in [1.165, 1.54) is 4.57 Å². The molecule has 0 bridgehead atoms. The highest BCUT2D eigenvalue weighted by Crippen LogP contribution is 2.20. The van der Waals surface area contributed by atoms with Gasteiger partial charge in [-0.3, -0.25) is 0 Å². The minimum Gasteiger partial charge on any atom is -0.302 e. The molecular weight excluding hydrogens is 176 g/mol. The van der Waals surface area contributed by atoms with Gasteiger partial charge in [-0.15, -0.1) is 0 Å². The summed E-state index contributed by atoms with van der Waals surface area (Å²) in [6.45, 7) is 8.43. The minimum atomic E-state index is -0.180. The third-order valence-electron chi connectivity index (χ3n) is 2.10. The normalized spacial score (nSPS) is 11.8. The van der Waals surface area contributed by atoms with Gasteiger partial charge in [0, 0.05) is 18.9 Å². The molecule has 1 aromatic heterocycles. The van der Waals surface area contributed by atoms with Crippen LogP contribution >= 0.6 is 0 Å². The van der Waals surface area contributed by atoms with Gasteiger partial charge in [0.2, 0.25) is 0 Å². The van der Waals surface area contributed by atoms with Crippen molar-refractivity contribution in [2.24, 2.45) is 12.5 Å². The molecule has 0 saturated carbocycles. The topological polar surface area (TPSA) is 34.9 Å². The van der Waals surface area contributed by atoms with Crippen LogP contribution in [0.3, 0.4) is 0 Å². The van der Waals surface area contributed by atoms with E-state index in [2.05, 4.69) is 25.8 Å². The molecule has 0 radical (unpaired) electrons. The highest BCUT2D eigenvalue weighted by atomic mass is 16.1. The Kier molecular flexibility index (Phi) is 2.79. The van der Waals surface area contributed by atoms with Crippen LogP contribution in [0.1, 0.15) is 32.0 Å². The molecule has 0 atom stereocenters. The fourth-order valence-corrected chi connectivity index (χ4v) is 1.42. The monoisotopic (exact) mass is 194 g/mol. The van der Waals surface area contributed by atoms with Crippen LogP contribution in [0.25, 0.3) is 0 Å². The van der Waals surface area contributed by atoms with Crippen molar-refractivity contribution in [3.63, 3.8) is 0 Å². The third-order valence-corrected chi connectivity index (χ3v) is 2.10. The van der Waals surface area contributed by atoms with Gasteiger partial charge in [-0.05, 0) is 24.3 Å². The predicted octanol–water partition coefficient (Wildman–Crippen LogP) is 1.68. The SMILES string of the molecule is Cc1nc(=O)n(C)cc1CC(C)(C)C. The first-order valence-corrected chi connectivity index (χ1v) is 4.83. The molecule has 0 spiro atoms. The summed E-state index contributed by atoms with van der Waals surface area (Å²) in [6, 6.07) is 0. The van der Waals surface area contributed by atoms with Gasteiger partial charge in [-0.1, -0.05) is 20.8 Å². The van der Waals surface area contributed by atoms with Crippen LogP contribution in [0.2, 0.25) is 0 Å². The second-order valence-electron chi connectivity index (χ2n) is 4.98. The fraction of sp³-hybridized carbons (Fsp3) is 0.636. The van der Waals surface area contributed by atoms with E-state index in [1.54, 1.807) is 7.05 Å². The average Bonchev–Trinajstić information content (AvgIpc) is 1.97. The van der Waals surface area contributed by atoms with Gasteiger partial charge >= 0.3 is 5.69 Å². The van der Waals surface area contributed by atoms with Crippen LogP contribution in [0.5, 0.6) is 0 Å². The Bertz CT molecular complexity index is 385. The van der Waals surface area contributed by atoms with Crippen LogP contribution in [-0.4, -0.2) is 9.55 Å². The van der Waals surface area contributed by atoms with Crippen LogP contribution in [0, 0.1) is 12.3 Å². The summed E-state index contributed by atoms with van der Waals surface area (Å²) in [6.07, 6.45) is 2.83. The Morgan fingerprint density at radius 1 is 1.43 bits per heavy atom. The van der Waals surface area contributed by atoms with Crippen molar-refractivity contribution in [3.05, 3.63) is 27.9 Å². The van der Waals surface area contributed by atoms with Gasteiger partial charge in [0.1, 0.15) is 0 Å². The molecule has 1 aromatic rings. The minimum absolute atomic E-state index is 0.180. The fourth-order valence-electron chi connectivity index (χ4n) is 1.42. The van der Waals surface area contributed by atoms with Crippen molar-refractivity contribution in [2.45, 2.75) is 34.1 Å². The molecule has 0 aliphatic heterocycles. The van der Waals surface area contributed by atoms with Crippen LogP contribution < -0.4 is 5.69 Å². The van der Waals surface area contributed by atoms with Gasteiger partial charge in [0.15, 0.2) is 0 Å². The molecule has 0 aliphatic carbocycles. The van der Waals surface area contributed by atoms with Crippen molar-refractivity contribution in [1.82, 2.24) is 9.55 Å². The highest BCUT2D eigenvalue weighted by molar-refractivity contribution is 5.16. The Morgan fingerprint density at radius 3 is 2.50 bits per heavy atom. The van der Waals surface area contributed by atoms with Crippen molar-refractivity contribution in [3.8, 4) is 0 Å². The summed E-state index contributed by atoms with van der Waals surface area (Å²) in [7, 11) is 1.74. The van der Waals surface area contributed by atoms with E-state index in [1.807, 2.05) is 13.1 Å². The number of aryl methyl sites for hydroxylation is 2. The van der Waals surface area contributed by atoms with E-state index < -0.39 is 0 Å². The first-order chi connectivity index (χ1) is 6.29. The Morgan fingerprint density at radius 2 is 2.00 bits per heavy atom. The van der Waals surface area contributed by atoms with Crippen molar-refractivity contribution < 1.29 is 0 Å². The number of hydrogen-bond acceptors (Lipinski definition) is 2. The number of rotatable bonds is 1. The second-order valence-corrected chi connectivity index (χ2v) is 4.98. The maximum atomic E-state index is 11.2. The summed E-state index contributed by atoms with van der Waals surface area (Å²) in [5.74, 6) is 0. The molecule has 78 valence electrons. The second kappa shape index (κ2) is 3.56. The van der Waals surface area contributed by atoms with Crippen molar-refractivity contribution in [1.29, 1.82) is 0 Å². The van der Waals surface area contributed by atoms with Crippen LogP contribution in [0.15, 0.2) is 11.0 Å². The third kappa shape index (κ3) is 2.69. The van der Waals surface area contributed by atoms with Gasteiger partial charge in [0.05, 0.1) is 0 Å². The Hall–Kier alpha value is -1.12. The predicted molar refractivity (Wildman–Crippen MR) is 57.4 cm³/mol. The molecule has 0 amide bonds. The zero-order valence-electron chi connectivity index (χ0n) is 9.59. The molecule has 3 nitrogen and oxygen atoms in total. The molecule has 14 heavy (non-hydrogen) atoms. The molecule has 0 aliphatic rings. The summed E-state index contributed by atoms with van der Waals surface area (Å²) in [4.78, 5) is 15.2. The highest BCUT2D eigenvalue weighted by Gasteiger charge is 2.14. The lowest BCUT2D eigenvalue weighted by Crippen LogP contribution is -2.23. The summed E-state index contributed by atoms with van der Waals surface area (Å²) < 4.78 is 1.54. The molecule has 0 N–H and O–H groups in total. The zero-order chi connectivity index (χ0) is 10.9. The first-order valence-electron chi connectivity index (χ1n) is 4.83. The maximum absolute atomic E-state index is 11.2. The lowest BCUT2D eigenvalue weighted by molar-refractivity contribution is 0.407. The summed E-state index contributed by atoms with van der Waals surface area (Å²) in [5.41, 5.74) is 2.05. The van der Waals surface area contributed by atoms with Gasteiger partial charge < -0.3 is 4.57 Å². The molecular formula is C11H18N2O. The quantitative estimate of drug-likeness (QED) is 0.681. The van der Waals surface area contributed by atoms with E-state index in [0.717, 1.165) is 17.7 Å². The van der Waals surface area contributed by atoms with E-state index in [-0.39, 0.29) is 11.1 Å². The lowest BCUT2D eigenvalue weighted by Gasteiger charge is -2.19. The molecule has 0 unspecified atom stereocenters. The van der Waals surface area contributed by atoms with Crippen molar-refractivity contribution >= 4 is 0 Å². The van der Waals surface area contributed by atoms with Gasteiger partial charge in [-0.2, -0.15) is 4.98 Å². The van der Waals surface area contributed by atoms with Crippen LogP contribution in [0.4, 0.5) is 0 Å². The molecule has 3 heteroatoms. The van der Waals surface area contributed by atoms with E-state index in [0.29, 0.717) is 0 Å². The molecule has 1 rings (SSSR count). The van der Waals surface area contributed by atoms with Gasteiger partial charge in [0.25, 0.3) is 0 Å². The molecule has 0 aromatic carbocycles. The largest absolute Gasteiger partial charge is 0.347 e. The molecule has 0 fully saturated rings. The standard InChI is InChI=1S/C11H18N2O/c1-8-9(6-11(2,3)4)7-13(5)10(14)12-8/h7H,6H2,1-5H3. The van der Waals surface area contributed by atoms with Crippen LogP contribution in [-0.2, 0) is 13.5 Å². The van der Waals surface area contributed by atoms with E-state index in [4.69, 9.17) is 0 Å². The Labute approximate surface area is 84.8 Å². The number of hydrogen-bond donors (Lipinski definition) is 0. The number of aromatic nitrogens is 2. The Balaban J connectivity index is 3.11. The van der Waals surface area contributed by atoms with Crippen molar-refractivity contribution in [2.75, 3.05) is 0 Å². The molecule has 1 heterocycles. The average molecular weight is 194 g/mol. The first kappa shape index (κ1) is 11.0. The molecule has 0 saturated heterocycles.